The van der Waals surface area contributed by atoms with Crippen molar-refractivity contribution in [3.05, 3.63) is 53.3 Å². The van der Waals surface area contributed by atoms with Gasteiger partial charge in [-0.25, -0.2) is 0 Å². The normalized spacial score (nSPS) is 18.8. The summed E-state index contributed by atoms with van der Waals surface area (Å²) < 4.78 is 0. The van der Waals surface area contributed by atoms with Crippen LogP contribution in [0.3, 0.4) is 0 Å². The first kappa shape index (κ1) is 17.2. The highest BCUT2D eigenvalue weighted by atomic mass is 16.2. The monoisotopic (exact) mass is 340 g/mol. The number of rotatable bonds is 5. The van der Waals surface area contributed by atoms with Crippen LogP contribution in [0, 0.1) is 0 Å². The first-order valence-corrected chi connectivity index (χ1v) is 8.72. The van der Waals surface area contributed by atoms with Crippen LogP contribution in [0.2, 0.25) is 0 Å². The summed E-state index contributed by atoms with van der Waals surface area (Å²) in [5.74, 6) is 0.00616. The Bertz CT molecular complexity index is 741. The zero-order chi connectivity index (χ0) is 17.8. The molecule has 1 aromatic carbocycles. The number of aromatic nitrogens is 2. The van der Waals surface area contributed by atoms with Gasteiger partial charge in [-0.3, -0.25) is 14.7 Å². The number of hydrogen-bond donors (Lipinski definition) is 2. The summed E-state index contributed by atoms with van der Waals surface area (Å²) >= 11 is 0. The van der Waals surface area contributed by atoms with Gasteiger partial charge in [-0.2, -0.15) is 5.10 Å². The van der Waals surface area contributed by atoms with Crippen LogP contribution in [-0.2, 0) is 4.79 Å². The highest BCUT2D eigenvalue weighted by Crippen LogP contribution is 2.28. The lowest BCUT2D eigenvalue weighted by molar-refractivity contribution is -0.132. The summed E-state index contributed by atoms with van der Waals surface area (Å²) in [6, 6.07) is 11.8. The van der Waals surface area contributed by atoms with Crippen molar-refractivity contribution in [3.8, 4) is 0 Å². The summed E-state index contributed by atoms with van der Waals surface area (Å²) in [7, 11) is 0. The SMILES string of the molecule is C[C@@H](CC(=O)N1CCC[C@H](c2cc(C(N)=O)n[nH]2)C1)c1ccccc1. The van der Waals surface area contributed by atoms with Gasteiger partial charge in [-0.05, 0) is 30.4 Å². The number of aromatic amines is 1. The van der Waals surface area contributed by atoms with Crippen LogP contribution in [0.5, 0.6) is 0 Å². The first-order chi connectivity index (χ1) is 12.0. The lowest BCUT2D eigenvalue weighted by Crippen LogP contribution is -2.39. The molecular formula is C19H24N4O2. The Morgan fingerprint density at radius 3 is 2.80 bits per heavy atom. The van der Waals surface area contributed by atoms with Gasteiger partial charge in [-0.1, -0.05) is 37.3 Å². The molecule has 132 valence electrons. The molecule has 2 heterocycles. The Labute approximate surface area is 147 Å². The molecule has 6 nitrogen and oxygen atoms in total. The molecule has 1 fully saturated rings. The number of H-pyrrole nitrogens is 1. The van der Waals surface area contributed by atoms with E-state index in [-0.39, 0.29) is 23.4 Å². The van der Waals surface area contributed by atoms with Gasteiger partial charge in [0.1, 0.15) is 5.69 Å². The van der Waals surface area contributed by atoms with Gasteiger partial charge in [0, 0.05) is 31.1 Å². The van der Waals surface area contributed by atoms with Crippen molar-refractivity contribution in [1.29, 1.82) is 0 Å². The van der Waals surface area contributed by atoms with Gasteiger partial charge < -0.3 is 10.6 Å². The van der Waals surface area contributed by atoms with Crippen molar-refractivity contribution in [2.45, 2.75) is 38.0 Å². The summed E-state index contributed by atoms with van der Waals surface area (Å²) in [5, 5.41) is 6.84. The Kier molecular flexibility index (Phi) is 5.16. The van der Waals surface area contributed by atoms with E-state index in [0.717, 1.165) is 25.1 Å². The third-order valence-electron chi connectivity index (χ3n) is 4.91. The second-order valence-electron chi connectivity index (χ2n) is 6.77. The molecular weight excluding hydrogens is 316 g/mol. The van der Waals surface area contributed by atoms with Crippen molar-refractivity contribution >= 4 is 11.8 Å². The molecule has 0 aliphatic carbocycles. The smallest absolute Gasteiger partial charge is 0.269 e. The lowest BCUT2D eigenvalue weighted by Gasteiger charge is -2.33. The minimum atomic E-state index is -0.539. The Balaban J connectivity index is 1.62. The number of primary amides is 1. The van der Waals surface area contributed by atoms with Crippen molar-refractivity contribution < 1.29 is 9.59 Å². The van der Waals surface area contributed by atoms with Crippen molar-refractivity contribution in [2.24, 2.45) is 5.73 Å². The van der Waals surface area contributed by atoms with E-state index < -0.39 is 5.91 Å². The summed E-state index contributed by atoms with van der Waals surface area (Å²) in [5.41, 5.74) is 7.56. The van der Waals surface area contributed by atoms with E-state index >= 15 is 0 Å². The number of benzene rings is 1. The van der Waals surface area contributed by atoms with Crippen LogP contribution >= 0.6 is 0 Å². The highest BCUT2D eigenvalue weighted by molar-refractivity contribution is 5.90. The number of likely N-dealkylation sites (tertiary alicyclic amines) is 1. The van der Waals surface area contributed by atoms with Gasteiger partial charge in [0.15, 0.2) is 0 Å². The Morgan fingerprint density at radius 2 is 2.12 bits per heavy atom. The number of hydrogen-bond acceptors (Lipinski definition) is 3. The molecule has 0 spiro atoms. The molecule has 0 saturated carbocycles. The van der Waals surface area contributed by atoms with Crippen LogP contribution in [0.15, 0.2) is 36.4 Å². The Hall–Kier alpha value is -2.63. The highest BCUT2D eigenvalue weighted by Gasteiger charge is 2.27. The standard InChI is InChI=1S/C19H24N4O2/c1-13(14-6-3-2-4-7-14)10-18(24)23-9-5-8-15(12-23)16-11-17(19(20)25)22-21-16/h2-4,6-7,11,13,15H,5,8-10,12H2,1H3,(H2,20,25)(H,21,22)/t13-,15-/m0/s1. The Morgan fingerprint density at radius 1 is 1.36 bits per heavy atom. The maximum atomic E-state index is 12.7. The number of nitrogens with two attached hydrogens (primary N) is 1. The van der Waals surface area contributed by atoms with Gasteiger partial charge >= 0.3 is 0 Å². The van der Waals surface area contributed by atoms with Gasteiger partial charge in [-0.15, -0.1) is 0 Å². The molecule has 3 rings (SSSR count). The van der Waals surface area contributed by atoms with Crippen LogP contribution in [0.25, 0.3) is 0 Å². The molecule has 0 unspecified atom stereocenters. The third-order valence-corrected chi connectivity index (χ3v) is 4.91. The zero-order valence-electron chi connectivity index (χ0n) is 14.4. The molecule has 6 heteroatoms. The number of nitrogens with zero attached hydrogens (tertiary/aromatic N) is 2. The van der Waals surface area contributed by atoms with Crippen molar-refractivity contribution in [3.63, 3.8) is 0 Å². The molecule has 0 radical (unpaired) electrons. The van der Waals surface area contributed by atoms with Gasteiger partial charge in [0.2, 0.25) is 5.91 Å². The topological polar surface area (TPSA) is 92.1 Å². The molecule has 3 N–H and O–H groups in total. The minimum Gasteiger partial charge on any atom is -0.364 e. The fraction of sp³-hybridized carbons (Fsp3) is 0.421. The molecule has 1 aliphatic rings. The quantitative estimate of drug-likeness (QED) is 0.875. The number of piperidine rings is 1. The fourth-order valence-electron chi connectivity index (χ4n) is 3.42. The summed E-state index contributed by atoms with van der Waals surface area (Å²) in [6.07, 6.45) is 2.42. The maximum Gasteiger partial charge on any atom is 0.269 e. The predicted octanol–water partition coefficient (Wildman–Crippen LogP) is 2.41. The van der Waals surface area contributed by atoms with E-state index in [0.29, 0.717) is 13.0 Å². The third kappa shape index (κ3) is 4.07. The number of nitrogens with one attached hydrogen (secondary N) is 1. The average Bonchev–Trinajstić information content (AvgIpc) is 3.13. The van der Waals surface area contributed by atoms with E-state index in [2.05, 4.69) is 29.3 Å². The molecule has 2 aromatic rings. The minimum absolute atomic E-state index is 0.172. The average molecular weight is 340 g/mol. The summed E-state index contributed by atoms with van der Waals surface area (Å²) in [6.45, 7) is 3.52. The van der Waals surface area contributed by atoms with Crippen molar-refractivity contribution in [2.75, 3.05) is 13.1 Å². The van der Waals surface area contributed by atoms with E-state index in [4.69, 9.17) is 5.73 Å². The molecule has 25 heavy (non-hydrogen) atoms. The lowest BCUT2D eigenvalue weighted by atomic mass is 9.93. The van der Waals surface area contributed by atoms with Crippen LogP contribution in [-0.4, -0.2) is 40.0 Å². The van der Waals surface area contributed by atoms with E-state index in [9.17, 15) is 9.59 Å². The molecule has 1 aromatic heterocycles. The molecule has 1 saturated heterocycles. The van der Waals surface area contributed by atoms with E-state index in [1.54, 1.807) is 6.07 Å². The van der Waals surface area contributed by atoms with Gasteiger partial charge in [0.05, 0.1) is 0 Å². The van der Waals surface area contributed by atoms with Crippen LogP contribution in [0.4, 0.5) is 0 Å². The number of carbonyl (C=O) groups is 2. The van der Waals surface area contributed by atoms with Crippen molar-refractivity contribution in [1.82, 2.24) is 15.1 Å². The van der Waals surface area contributed by atoms with E-state index in [1.165, 1.54) is 5.56 Å². The van der Waals surface area contributed by atoms with E-state index in [1.807, 2.05) is 23.1 Å². The fourth-order valence-corrected chi connectivity index (χ4v) is 3.42. The molecule has 2 amide bonds. The van der Waals surface area contributed by atoms with Gasteiger partial charge in [0.25, 0.3) is 5.91 Å². The zero-order valence-corrected chi connectivity index (χ0v) is 14.4. The van der Waals surface area contributed by atoms with Crippen LogP contribution in [0.1, 0.15) is 59.8 Å². The second-order valence-corrected chi connectivity index (χ2v) is 6.77. The summed E-state index contributed by atoms with van der Waals surface area (Å²) in [4.78, 5) is 25.8. The first-order valence-electron chi connectivity index (χ1n) is 8.72. The number of amides is 2. The molecule has 1 aliphatic heterocycles. The second kappa shape index (κ2) is 7.51. The van der Waals surface area contributed by atoms with Crippen LogP contribution < -0.4 is 5.73 Å². The largest absolute Gasteiger partial charge is 0.364 e. The maximum absolute atomic E-state index is 12.7. The molecule has 0 bridgehead atoms. The predicted molar refractivity (Wildman–Crippen MR) is 95.1 cm³/mol. The number of carbonyl (C=O) groups excluding carboxylic acids is 2. The molecule has 2 atom stereocenters.